The van der Waals surface area contributed by atoms with Crippen LogP contribution in [0.15, 0.2) is 42.6 Å². The van der Waals surface area contributed by atoms with Crippen LogP contribution in [0, 0.1) is 11.6 Å². The van der Waals surface area contributed by atoms with E-state index in [1.807, 2.05) is 6.07 Å². The minimum absolute atomic E-state index is 0.0547. The van der Waals surface area contributed by atoms with E-state index in [1.54, 1.807) is 29.9 Å². The van der Waals surface area contributed by atoms with Gasteiger partial charge in [0.15, 0.2) is 0 Å². The second-order valence-electron chi connectivity index (χ2n) is 7.96. The Morgan fingerprint density at radius 3 is 2.66 bits per heavy atom. The maximum absolute atomic E-state index is 14.2. The van der Waals surface area contributed by atoms with Crippen LogP contribution in [0.25, 0.3) is 22.6 Å². The van der Waals surface area contributed by atoms with E-state index in [1.165, 1.54) is 4.90 Å². The van der Waals surface area contributed by atoms with E-state index >= 15 is 0 Å². The molecule has 0 saturated carbocycles. The summed E-state index contributed by atoms with van der Waals surface area (Å²) < 4.78 is 29.5. The summed E-state index contributed by atoms with van der Waals surface area (Å²) in [6, 6.07) is 7.74. The zero-order valence-corrected chi connectivity index (χ0v) is 17.1. The summed E-state index contributed by atoms with van der Waals surface area (Å²) in [6.45, 7) is 0.243. The molecule has 162 valence electrons. The summed E-state index contributed by atoms with van der Waals surface area (Å²) in [4.78, 5) is 42.4. The van der Waals surface area contributed by atoms with Gasteiger partial charge in [0.05, 0.1) is 11.3 Å². The van der Waals surface area contributed by atoms with Crippen LogP contribution >= 0.6 is 0 Å². The third-order valence-corrected chi connectivity index (χ3v) is 5.86. The minimum atomic E-state index is -0.687. The number of imide groups is 1. The number of aryl methyl sites for hydroxylation is 1. The zero-order chi connectivity index (χ0) is 22.6. The molecule has 32 heavy (non-hydrogen) atoms. The van der Waals surface area contributed by atoms with Gasteiger partial charge in [0.1, 0.15) is 23.5 Å². The summed E-state index contributed by atoms with van der Waals surface area (Å²) >= 11 is 0. The topological polar surface area (TPSA) is 84.3 Å². The van der Waals surface area contributed by atoms with E-state index in [-0.39, 0.29) is 36.2 Å². The maximum Gasteiger partial charge on any atom is 0.255 e. The lowest BCUT2D eigenvalue weighted by Crippen LogP contribution is -2.52. The third-order valence-electron chi connectivity index (χ3n) is 5.86. The van der Waals surface area contributed by atoms with Crippen LogP contribution in [-0.4, -0.2) is 38.2 Å². The van der Waals surface area contributed by atoms with E-state index in [9.17, 15) is 23.2 Å². The average Bonchev–Trinajstić information content (AvgIpc) is 3.30. The Balaban J connectivity index is 1.46. The van der Waals surface area contributed by atoms with Crippen LogP contribution in [-0.2, 0) is 23.2 Å². The Hall–Kier alpha value is -3.88. The van der Waals surface area contributed by atoms with Gasteiger partial charge in [-0.25, -0.2) is 13.8 Å². The van der Waals surface area contributed by atoms with Gasteiger partial charge in [-0.05, 0) is 42.3 Å². The Morgan fingerprint density at radius 2 is 1.88 bits per heavy atom. The number of rotatable bonds is 3. The van der Waals surface area contributed by atoms with Crippen molar-refractivity contribution in [2.75, 3.05) is 0 Å². The van der Waals surface area contributed by atoms with E-state index < -0.39 is 23.6 Å². The van der Waals surface area contributed by atoms with Crippen molar-refractivity contribution in [2.45, 2.75) is 25.4 Å². The van der Waals surface area contributed by atoms with E-state index in [0.29, 0.717) is 23.2 Å². The molecule has 2 aromatic carbocycles. The molecule has 3 amide bonds. The first-order valence-electron chi connectivity index (χ1n) is 10.1. The summed E-state index contributed by atoms with van der Waals surface area (Å²) in [6.07, 6.45) is 2.19. The third kappa shape index (κ3) is 3.26. The molecule has 1 fully saturated rings. The van der Waals surface area contributed by atoms with Gasteiger partial charge < -0.3 is 9.47 Å². The van der Waals surface area contributed by atoms with Crippen molar-refractivity contribution in [1.82, 2.24) is 19.8 Å². The predicted octanol–water partition coefficient (Wildman–Crippen LogP) is 2.79. The largest absolute Gasteiger partial charge is 0.333 e. The molecule has 1 N–H and O–H groups in total. The lowest BCUT2D eigenvalue weighted by atomic mass is 10.0. The van der Waals surface area contributed by atoms with Crippen molar-refractivity contribution in [3.8, 4) is 22.6 Å². The number of hydrogen-bond acceptors (Lipinski definition) is 4. The summed E-state index contributed by atoms with van der Waals surface area (Å²) in [5.41, 5.74) is 2.53. The van der Waals surface area contributed by atoms with Gasteiger partial charge in [-0.2, -0.15) is 0 Å². The van der Waals surface area contributed by atoms with Gasteiger partial charge >= 0.3 is 0 Å². The van der Waals surface area contributed by atoms with E-state index in [4.69, 9.17) is 0 Å². The van der Waals surface area contributed by atoms with Gasteiger partial charge in [-0.1, -0.05) is 6.07 Å². The van der Waals surface area contributed by atoms with Crippen LogP contribution in [0.1, 0.15) is 28.8 Å². The molecule has 3 heterocycles. The van der Waals surface area contributed by atoms with Gasteiger partial charge in [-0.15, -0.1) is 0 Å². The normalized spacial score (nSPS) is 18.2. The Labute approximate surface area is 181 Å². The van der Waals surface area contributed by atoms with Crippen LogP contribution in [0.3, 0.4) is 0 Å². The fourth-order valence-corrected chi connectivity index (χ4v) is 4.26. The number of carbonyl (C=O) groups is 3. The van der Waals surface area contributed by atoms with Crippen molar-refractivity contribution in [1.29, 1.82) is 0 Å². The van der Waals surface area contributed by atoms with Crippen molar-refractivity contribution < 1.29 is 23.2 Å². The first-order chi connectivity index (χ1) is 15.3. The molecule has 2 aliphatic heterocycles. The minimum Gasteiger partial charge on any atom is -0.333 e. The van der Waals surface area contributed by atoms with Crippen molar-refractivity contribution >= 4 is 17.7 Å². The van der Waals surface area contributed by atoms with Gasteiger partial charge in [0.25, 0.3) is 5.91 Å². The number of imidazole rings is 1. The van der Waals surface area contributed by atoms with Crippen LogP contribution < -0.4 is 5.32 Å². The molecule has 1 unspecified atom stereocenters. The number of carbonyl (C=O) groups excluding carboxylic acids is 3. The van der Waals surface area contributed by atoms with Gasteiger partial charge in [-0.3, -0.25) is 19.7 Å². The number of fused-ring (bicyclic) bond motifs is 1. The Morgan fingerprint density at radius 1 is 1.06 bits per heavy atom. The first-order valence-corrected chi connectivity index (χ1v) is 10.1. The number of benzene rings is 2. The number of hydrogen-bond donors (Lipinski definition) is 1. The van der Waals surface area contributed by atoms with Crippen molar-refractivity contribution in [3.05, 3.63) is 65.4 Å². The molecule has 0 radical (unpaired) electrons. The van der Waals surface area contributed by atoms with Crippen molar-refractivity contribution in [3.63, 3.8) is 0 Å². The summed E-state index contributed by atoms with van der Waals surface area (Å²) in [5, 5.41) is 2.28. The highest BCUT2D eigenvalue weighted by Gasteiger charge is 2.39. The second kappa shape index (κ2) is 7.37. The van der Waals surface area contributed by atoms with E-state index in [2.05, 4.69) is 10.3 Å². The molecule has 1 saturated heterocycles. The number of nitrogens with one attached hydrogen (secondary N) is 1. The average molecular weight is 436 g/mol. The molecule has 3 aromatic rings. The highest BCUT2D eigenvalue weighted by Crippen LogP contribution is 2.32. The summed E-state index contributed by atoms with van der Waals surface area (Å²) in [5.74, 6) is -1.92. The fourth-order valence-electron chi connectivity index (χ4n) is 4.26. The zero-order valence-electron chi connectivity index (χ0n) is 17.1. The number of nitrogens with zero attached hydrogens (tertiary/aromatic N) is 3. The number of amides is 3. The fraction of sp³-hybridized carbons (Fsp3) is 0.217. The molecule has 7 nitrogen and oxygen atoms in total. The molecule has 1 aromatic heterocycles. The second-order valence-corrected chi connectivity index (χ2v) is 7.96. The highest BCUT2D eigenvalue weighted by molar-refractivity contribution is 6.05. The van der Waals surface area contributed by atoms with Crippen molar-refractivity contribution in [2.24, 2.45) is 7.05 Å². The smallest absolute Gasteiger partial charge is 0.255 e. The molecule has 5 rings (SSSR count). The molecular weight excluding hydrogens is 418 g/mol. The van der Waals surface area contributed by atoms with Gasteiger partial charge in [0.2, 0.25) is 11.8 Å². The van der Waals surface area contributed by atoms with Crippen LogP contribution in [0.2, 0.25) is 0 Å². The first kappa shape index (κ1) is 20.0. The number of piperidine rings is 1. The lowest BCUT2D eigenvalue weighted by molar-refractivity contribution is -0.136. The Bertz CT molecular complexity index is 1300. The molecule has 2 aliphatic rings. The Kier molecular flexibility index (Phi) is 4.61. The van der Waals surface area contributed by atoms with E-state index in [0.717, 1.165) is 23.8 Å². The monoisotopic (exact) mass is 436 g/mol. The maximum atomic E-state index is 14.2. The molecule has 0 aliphatic carbocycles. The van der Waals surface area contributed by atoms with Crippen LogP contribution in [0.5, 0.6) is 0 Å². The van der Waals surface area contributed by atoms with Gasteiger partial charge in [0, 0.05) is 37.3 Å². The molecule has 1 atom stereocenters. The predicted molar refractivity (Wildman–Crippen MR) is 110 cm³/mol. The quantitative estimate of drug-likeness (QED) is 0.640. The highest BCUT2D eigenvalue weighted by atomic mass is 19.1. The number of halogens is 2. The lowest BCUT2D eigenvalue weighted by Gasteiger charge is -2.29. The standard InChI is InChI=1S/C23H18F2N4O3/c1-28-11-18(26-21(28)16-9-14(24)3-5-17(16)25)12-2-4-15-13(8-12)10-29(23(15)32)19-6-7-20(30)27-22(19)31/h2-5,8-9,11,19H,6-7,10H2,1H3,(H,27,30,31). The molecule has 9 heteroatoms. The SMILES string of the molecule is Cn1cc(-c2ccc3c(c2)CN(C2CCC(=O)NC2=O)C3=O)nc1-c1cc(F)ccc1F. The molecule has 0 bridgehead atoms. The summed E-state index contributed by atoms with van der Waals surface area (Å²) in [7, 11) is 1.69. The molecule has 0 spiro atoms. The number of aromatic nitrogens is 2. The van der Waals surface area contributed by atoms with Crippen LogP contribution in [0.4, 0.5) is 8.78 Å². The molecular formula is C23H18F2N4O3.